The molecule has 0 radical (unpaired) electrons. The van der Waals surface area contributed by atoms with Crippen molar-refractivity contribution in [3.05, 3.63) is 0 Å². The molecule has 2 atom stereocenters. The number of likely N-dealkylation sites (N-methyl/N-ethyl adjacent to an activating group) is 1. The van der Waals surface area contributed by atoms with Gasteiger partial charge in [-0.15, -0.1) is 0 Å². The van der Waals surface area contributed by atoms with Gasteiger partial charge in [-0.2, -0.15) is 0 Å². The lowest BCUT2D eigenvalue weighted by atomic mass is 9.83. The van der Waals surface area contributed by atoms with Gasteiger partial charge in [-0.25, -0.2) is 0 Å². The van der Waals surface area contributed by atoms with Gasteiger partial charge < -0.3 is 11.1 Å². The van der Waals surface area contributed by atoms with Crippen molar-refractivity contribution in [3.63, 3.8) is 0 Å². The zero-order valence-corrected chi connectivity index (χ0v) is 13.5. The molecule has 0 aliphatic heterocycles. The van der Waals surface area contributed by atoms with E-state index in [-0.39, 0.29) is 5.91 Å². The second-order valence-corrected chi connectivity index (χ2v) is 5.99. The van der Waals surface area contributed by atoms with Gasteiger partial charge in [0.15, 0.2) is 0 Å². The van der Waals surface area contributed by atoms with Gasteiger partial charge in [0.1, 0.15) is 0 Å². The first-order chi connectivity index (χ1) is 9.65. The van der Waals surface area contributed by atoms with Crippen LogP contribution in [0.3, 0.4) is 0 Å². The number of nitrogens with one attached hydrogen (secondary N) is 1. The van der Waals surface area contributed by atoms with Crippen LogP contribution in [0, 0.1) is 5.92 Å². The van der Waals surface area contributed by atoms with Crippen molar-refractivity contribution >= 4 is 5.91 Å². The highest BCUT2D eigenvalue weighted by Gasteiger charge is 2.29. The summed E-state index contributed by atoms with van der Waals surface area (Å²) in [7, 11) is 0. The highest BCUT2D eigenvalue weighted by atomic mass is 16.2. The van der Waals surface area contributed by atoms with Crippen LogP contribution < -0.4 is 11.1 Å². The number of amides is 1. The summed E-state index contributed by atoms with van der Waals surface area (Å²) in [6.07, 6.45) is 6.97. The van der Waals surface area contributed by atoms with Crippen LogP contribution in [0.1, 0.15) is 59.3 Å². The third kappa shape index (κ3) is 5.06. The first-order valence-corrected chi connectivity index (χ1v) is 8.39. The molecule has 0 aromatic heterocycles. The molecule has 1 fully saturated rings. The number of carbonyl (C=O) groups excluding carboxylic acids is 1. The largest absolute Gasteiger partial charge is 0.352 e. The van der Waals surface area contributed by atoms with Crippen LogP contribution in [-0.2, 0) is 4.79 Å². The van der Waals surface area contributed by atoms with Gasteiger partial charge in [0.05, 0.1) is 6.54 Å². The summed E-state index contributed by atoms with van der Waals surface area (Å²) in [4.78, 5) is 14.5. The Bertz CT molecular complexity index is 279. The van der Waals surface area contributed by atoms with Gasteiger partial charge >= 0.3 is 0 Å². The summed E-state index contributed by atoms with van der Waals surface area (Å²) in [6.45, 7) is 8.59. The van der Waals surface area contributed by atoms with Gasteiger partial charge in [-0.1, -0.05) is 33.6 Å². The Hall–Kier alpha value is -0.610. The molecule has 118 valence electrons. The molecular weight excluding hydrogens is 250 g/mol. The van der Waals surface area contributed by atoms with E-state index in [1.165, 1.54) is 25.7 Å². The van der Waals surface area contributed by atoms with E-state index in [4.69, 9.17) is 5.73 Å². The third-order valence-corrected chi connectivity index (χ3v) is 4.74. The summed E-state index contributed by atoms with van der Waals surface area (Å²) in [5.74, 6) is 0.728. The zero-order valence-electron chi connectivity index (χ0n) is 13.5. The number of carbonyl (C=O) groups is 1. The number of nitrogens with two attached hydrogens (primary N) is 1. The molecule has 0 aromatic rings. The van der Waals surface area contributed by atoms with Crippen LogP contribution in [0.15, 0.2) is 0 Å². The summed E-state index contributed by atoms with van der Waals surface area (Å²) in [5.41, 5.74) is 5.91. The van der Waals surface area contributed by atoms with Crippen LogP contribution in [-0.4, -0.2) is 42.5 Å². The van der Waals surface area contributed by atoms with Gasteiger partial charge in [0, 0.05) is 12.1 Å². The molecule has 0 spiro atoms. The quantitative estimate of drug-likeness (QED) is 0.717. The van der Waals surface area contributed by atoms with E-state index in [9.17, 15) is 4.79 Å². The maximum atomic E-state index is 12.2. The average molecular weight is 283 g/mol. The molecule has 0 bridgehead atoms. The zero-order chi connectivity index (χ0) is 15.0. The van der Waals surface area contributed by atoms with E-state index < -0.39 is 0 Å². The third-order valence-electron chi connectivity index (χ3n) is 4.74. The Morgan fingerprint density at radius 2 is 1.90 bits per heavy atom. The number of nitrogens with zero attached hydrogens (tertiary/aromatic N) is 1. The second kappa shape index (κ2) is 9.35. The summed E-state index contributed by atoms with van der Waals surface area (Å²) >= 11 is 0. The fourth-order valence-corrected chi connectivity index (χ4v) is 3.36. The maximum absolute atomic E-state index is 12.2. The molecule has 1 rings (SSSR count). The Morgan fingerprint density at radius 3 is 2.45 bits per heavy atom. The molecule has 2 unspecified atom stereocenters. The highest BCUT2D eigenvalue weighted by molar-refractivity contribution is 5.78. The second-order valence-electron chi connectivity index (χ2n) is 5.99. The van der Waals surface area contributed by atoms with Crippen molar-refractivity contribution in [3.8, 4) is 0 Å². The van der Waals surface area contributed by atoms with Crippen LogP contribution >= 0.6 is 0 Å². The minimum Gasteiger partial charge on any atom is -0.352 e. The Labute approximate surface area is 124 Å². The molecule has 1 amide bonds. The molecule has 3 N–H and O–H groups in total. The lowest BCUT2D eigenvalue weighted by Gasteiger charge is -2.39. The summed E-state index contributed by atoms with van der Waals surface area (Å²) in [6, 6.07) is 0.809. The van der Waals surface area contributed by atoms with E-state index in [1.54, 1.807) is 0 Å². The fourth-order valence-electron chi connectivity index (χ4n) is 3.36. The average Bonchev–Trinajstić information content (AvgIpc) is 2.50. The molecule has 1 aliphatic rings. The maximum Gasteiger partial charge on any atom is 0.234 e. The van der Waals surface area contributed by atoms with Gasteiger partial charge in [0.2, 0.25) is 5.91 Å². The first kappa shape index (κ1) is 17.4. The normalized spacial score (nSPS) is 23.3. The van der Waals surface area contributed by atoms with E-state index in [1.807, 2.05) is 0 Å². The van der Waals surface area contributed by atoms with Crippen molar-refractivity contribution in [1.82, 2.24) is 10.2 Å². The van der Waals surface area contributed by atoms with Crippen molar-refractivity contribution < 1.29 is 4.79 Å². The predicted octanol–water partition coefficient (Wildman–Crippen LogP) is 2.13. The van der Waals surface area contributed by atoms with Crippen LogP contribution in [0.4, 0.5) is 0 Å². The minimum absolute atomic E-state index is 0.168. The fraction of sp³-hybridized carbons (Fsp3) is 0.938. The molecule has 0 saturated heterocycles. The number of hydrogen-bond donors (Lipinski definition) is 2. The summed E-state index contributed by atoms with van der Waals surface area (Å²) in [5, 5.41) is 3.14. The van der Waals surface area contributed by atoms with Crippen molar-refractivity contribution in [2.24, 2.45) is 11.7 Å². The SMILES string of the molecule is CCC(CC)NC(=O)CN(CC)C1CCCCC1CN. The standard InChI is InChI=1S/C16H33N3O/c1-4-14(5-2)18-16(20)12-19(6-3)15-10-8-7-9-13(15)11-17/h13-15H,4-12,17H2,1-3H3,(H,18,20). The minimum atomic E-state index is 0.168. The van der Waals surface area contributed by atoms with E-state index in [0.29, 0.717) is 24.5 Å². The Kier molecular flexibility index (Phi) is 8.15. The van der Waals surface area contributed by atoms with Crippen LogP contribution in [0.25, 0.3) is 0 Å². The molecular formula is C16H33N3O. The van der Waals surface area contributed by atoms with Crippen molar-refractivity contribution in [2.45, 2.75) is 71.4 Å². The lowest BCUT2D eigenvalue weighted by Crippen LogP contribution is -2.50. The van der Waals surface area contributed by atoms with E-state index >= 15 is 0 Å². The summed E-state index contributed by atoms with van der Waals surface area (Å²) < 4.78 is 0. The molecule has 1 aliphatic carbocycles. The Balaban J connectivity index is 2.54. The molecule has 4 nitrogen and oxygen atoms in total. The smallest absolute Gasteiger partial charge is 0.234 e. The van der Waals surface area contributed by atoms with Crippen LogP contribution in [0.5, 0.6) is 0 Å². The molecule has 4 heteroatoms. The predicted molar refractivity (Wildman–Crippen MR) is 84.6 cm³/mol. The van der Waals surface area contributed by atoms with E-state index in [2.05, 4.69) is 31.0 Å². The van der Waals surface area contributed by atoms with Crippen LogP contribution in [0.2, 0.25) is 0 Å². The number of rotatable bonds is 8. The molecule has 0 heterocycles. The number of hydrogen-bond acceptors (Lipinski definition) is 3. The van der Waals surface area contributed by atoms with Gasteiger partial charge in [-0.3, -0.25) is 9.69 Å². The molecule has 20 heavy (non-hydrogen) atoms. The monoisotopic (exact) mass is 283 g/mol. The molecule has 0 aromatic carbocycles. The van der Waals surface area contributed by atoms with E-state index in [0.717, 1.165) is 25.9 Å². The first-order valence-electron chi connectivity index (χ1n) is 8.39. The highest BCUT2D eigenvalue weighted by Crippen LogP contribution is 2.27. The molecule has 1 saturated carbocycles. The van der Waals surface area contributed by atoms with Gasteiger partial charge in [-0.05, 0) is 44.7 Å². The lowest BCUT2D eigenvalue weighted by molar-refractivity contribution is -0.124. The van der Waals surface area contributed by atoms with Gasteiger partial charge in [0.25, 0.3) is 0 Å². The van der Waals surface area contributed by atoms with Crippen molar-refractivity contribution in [1.29, 1.82) is 0 Å². The Morgan fingerprint density at radius 1 is 1.25 bits per heavy atom. The van der Waals surface area contributed by atoms with Crippen molar-refractivity contribution in [2.75, 3.05) is 19.6 Å². The topological polar surface area (TPSA) is 58.4 Å².